The van der Waals surface area contributed by atoms with Gasteiger partial charge in [-0.2, -0.15) is 0 Å². The van der Waals surface area contributed by atoms with Crippen LogP contribution in [0.3, 0.4) is 0 Å². The average molecular weight is 254 g/mol. The fraction of sp³-hybridized carbons (Fsp3) is 0.400. The molecule has 3 atom stereocenters. The van der Waals surface area contributed by atoms with Crippen molar-refractivity contribution in [3.8, 4) is 5.75 Å². The fourth-order valence-corrected chi connectivity index (χ4v) is 2.84. The molecule has 1 aliphatic rings. The van der Waals surface area contributed by atoms with E-state index in [9.17, 15) is 9.67 Å². The predicted molar refractivity (Wildman–Crippen MR) is 62.1 cm³/mol. The first-order valence-electron chi connectivity index (χ1n) is 5.15. The third kappa shape index (κ3) is 3.10. The molecule has 17 heavy (non-hydrogen) atoms. The third-order valence-electron chi connectivity index (χ3n) is 2.25. The number of aliphatic hydroxyl groups excluding tert-OH is 1. The fourth-order valence-electron chi connectivity index (χ4n) is 1.41. The van der Waals surface area contributed by atoms with Crippen LogP contribution in [0.5, 0.6) is 5.75 Å². The lowest BCUT2D eigenvalue weighted by molar-refractivity contribution is -0.142. The summed E-state index contributed by atoms with van der Waals surface area (Å²) in [5.74, 6) is 0.401. The number of rotatable bonds is 3. The Kier molecular flexibility index (Phi) is 3.89. The van der Waals surface area contributed by atoms with Crippen molar-refractivity contribution in [2.45, 2.75) is 18.7 Å². The van der Waals surface area contributed by atoms with Crippen molar-refractivity contribution >= 4 is 15.4 Å². The summed E-state index contributed by atoms with van der Waals surface area (Å²) < 4.78 is 27.4. The Morgan fingerprint density at radius 3 is 2.76 bits per heavy atom. The maximum absolute atomic E-state index is 12.1. The number of aliphatic hydroxyl groups is 1. The van der Waals surface area contributed by atoms with Crippen LogP contribution in [-0.4, -0.2) is 31.7 Å². The summed E-state index contributed by atoms with van der Waals surface area (Å²) in [4.78, 5) is 0. The van der Waals surface area contributed by atoms with Crippen LogP contribution in [0.25, 0.3) is 0 Å². The van der Waals surface area contributed by atoms with Crippen molar-refractivity contribution in [2.75, 3.05) is 6.35 Å². The largest absolute Gasteiger partial charge is 0.423 e. The smallest absolute Gasteiger partial charge is 0.407 e. The molecule has 2 rings (SSSR count). The van der Waals surface area contributed by atoms with Crippen LogP contribution in [0.1, 0.15) is 0 Å². The molecule has 1 saturated heterocycles. The Balaban J connectivity index is 2.04. The molecule has 0 aliphatic carbocycles. The molecule has 1 unspecified atom stereocenters. The molecule has 5 nitrogen and oxygen atoms in total. The van der Waals surface area contributed by atoms with Crippen molar-refractivity contribution in [1.29, 1.82) is 0 Å². The number of para-hydroxylation sites is 1. The van der Waals surface area contributed by atoms with Gasteiger partial charge in [-0.15, -0.1) is 0 Å². The van der Waals surface area contributed by atoms with E-state index in [0.717, 1.165) is 0 Å². The lowest BCUT2D eigenvalue weighted by Crippen LogP contribution is -2.36. The Morgan fingerprint density at radius 1 is 1.47 bits per heavy atom. The maximum Gasteiger partial charge on any atom is 0.407 e. The molecule has 7 heteroatoms. The first kappa shape index (κ1) is 12.6. The van der Waals surface area contributed by atoms with E-state index in [1.165, 1.54) is 0 Å². The van der Waals surface area contributed by atoms with E-state index in [4.69, 9.17) is 21.6 Å². The average Bonchev–Trinajstić information content (AvgIpc) is 2.30. The lowest BCUT2D eigenvalue weighted by atomic mass is 9.99. The quantitative estimate of drug-likeness (QED) is 0.654. The molecular formula is C10H12BO5P. The van der Waals surface area contributed by atoms with Gasteiger partial charge in [0.2, 0.25) is 0 Å². The second kappa shape index (κ2) is 5.23. The zero-order valence-corrected chi connectivity index (χ0v) is 9.95. The van der Waals surface area contributed by atoms with Crippen LogP contribution in [-0.2, 0) is 13.8 Å². The number of hydrogen-bond donors (Lipinski definition) is 1. The molecule has 0 spiro atoms. The van der Waals surface area contributed by atoms with Crippen molar-refractivity contribution in [3.63, 3.8) is 0 Å². The van der Waals surface area contributed by atoms with Gasteiger partial charge >= 0.3 is 7.60 Å². The number of ether oxygens (including phenoxy) is 1. The van der Waals surface area contributed by atoms with Crippen LogP contribution in [0.4, 0.5) is 0 Å². The molecule has 1 heterocycles. The van der Waals surface area contributed by atoms with Crippen LogP contribution >= 0.6 is 7.60 Å². The minimum Gasteiger partial charge on any atom is -0.423 e. The number of hydrogen-bond acceptors (Lipinski definition) is 5. The Morgan fingerprint density at radius 2 is 2.18 bits per heavy atom. The summed E-state index contributed by atoms with van der Waals surface area (Å²) in [6.07, 6.45) is -2.13. The van der Waals surface area contributed by atoms with Gasteiger partial charge in [-0.1, -0.05) is 24.5 Å². The lowest BCUT2D eigenvalue weighted by Gasteiger charge is -2.32. The first-order chi connectivity index (χ1) is 8.13. The van der Waals surface area contributed by atoms with E-state index in [2.05, 4.69) is 0 Å². The standard InChI is InChI=1S/C10H12BO5P/c11-6-9-10(12)16-17(13,7-14-9)15-8-4-2-1-3-5-8/h1-5,9-10,12H,6-7H2/t9-,10?,17-/m0/s1. The van der Waals surface area contributed by atoms with Gasteiger partial charge in [0.1, 0.15) is 11.9 Å². The SMILES string of the molecule is [B]C[C@@H]1OC[P@](=O)(Oc2ccccc2)OC1O. The zero-order valence-electron chi connectivity index (χ0n) is 9.06. The van der Waals surface area contributed by atoms with Crippen LogP contribution < -0.4 is 4.52 Å². The topological polar surface area (TPSA) is 65.0 Å². The molecule has 0 bridgehead atoms. The third-order valence-corrected chi connectivity index (χ3v) is 3.74. The molecule has 0 saturated carbocycles. The summed E-state index contributed by atoms with van der Waals surface area (Å²) in [5, 5.41) is 9.50. The Bertz CT molecular complexity index is 412. The van der Waals surface area contributed by atoms with Crippen LogP contribution in [0.2, 0.25) is 6.32 Å². The Labute approximate surface area is 101 Å². The van der Waals surface area contributed by atoms with Gasteiger partial charge in [0.15, 0.2) is 12.6 Å². The van der Waals surface area contributed by atoms with Gasteiger partial charge in [0, 0.05) is 0 Å². The molecule has 90 valence electrons. The van der Waals surface area contributed by atoms with E-state index in [0.29, 0.717) is 5.75 Å². The molecular weight excluding hydrogens is 242 g/mol. The van der Waals surface area contributed by atoms with Gasteiger partial charge in [-0.25, -0.2) is 4.57 Å². The zero-order chi connectivity index (χ0) is 12.3. The van der Waals surface area contributed by atoms with E-state index < -0.39 is 20.0 Å². The van der Waals surface area contributed by atoms with Crippen LogP contribution in [0.15, 0.2) is 30.3 Å². The normalized spacial score (nSPS) is 33.2. The maximum atomic E-state index is 12.1. The van der Waals surface area contributed by atoms with Crippen LogP contribution in [0, 0.1) is 0 Å². The van der Waals surface area contributed by atoms with Gasteiger partial charge in [0.05, 0.1) is 7.85 Å². The molecule has 0 amide bonds. The molecule has 1 aliphatic heterocycles. The molecule has 1 N–H and O–H groups in total. The highest BCUT2D eigenvalue weighted by Gasteiger charge is 2.39. The van der Waals surface area contributed by atoms with E-state index in [1.54, 1.807) is 30.3 Å². The summed E-state index contributed by atoms with van der Waals surface area (Å²) in [5.41, 5.74) is 0. The predicted octanol–water partition coefficient (Wildman–Crippen LogP) is 1.54. The molecule has 0 aromatic heterocycles. The second-order valence-corrected chi connectivity index (χ2v) is 5.45. The molecule has 1 aromatic rings. The highest BCUT2D eigenvalue weighted by Crippen LogP contribution is 2.52. The minimum absolute atomic E-state index is 0.0898. The van der Waals surface area contributed by atoms with Crippen molar-refractivity contribution in [1.82, 2.24) is 0 Å². The van der Waals surface area contributed by atoms with E-state index in [-0.39, 0.29) is 12.7 Å². The highest BCUT2D eigenvalue weighted by atomic mass is 31.2. The van der Waals surface area contributed by atoms with E-state index >= 15 is 0 Å². The number of benzene rings is 1. The molecule has 1 aromatic carbocycles. The van der Waals surface area contributed by atoms with Gasteiger partial charge in [0.25, 0.3) is 0 Å². The summed E-state index contributed by atoms with van der Waals surface area (Å²) in [7, 11) is 1.87. The Hall–Kier alpha value is -0.805. The van der Waals surface area contributed by atoms with Crippen molar-refractivity contribution < 1.29 is 23.5 Å². The highest BCUT2D eigenvalue weighted by molar-refractivity contribution is 7.54. The van der Waals surface area contributed by atoms with Gasteiger partial charge in [-0.05, 0) is 12.1 Å². The van der Waals surface area contributed by atoms with Gasteiger partial charge in [-0.3, -0.25) is 4.52 Å². The molecule has 1 fully saturated rings. The summed E-state index contributed by atoms with van der Waals surface area (Å²) >= 11 is 0. The molecule has 2 radical (unpaired) electrons. The minimum atomic E-state index is -3.47. The first-order valence-corrected chi connectivity index (χ1v) is 6.87. The monoisotopic (exact) mass is 254 g/mol. The van der Waals surface area contributed by atoms with E-state index in [1.807, 2.05) is 0 Å². The van der Waals surface area contributed by atoms with Crippen molar-refractivity contribution in [3.05, 3.63) is 30.3 Å². The second-order valence-electron chi connectivity index (χ2n) is 3.58. The summed E-state index contributed by atoms with van der Waals surface area (Å²) in [6, 6.07) is 8.58. The summed E-state index contributed by atoms with van der Waals surface area (Å²) in [6.45, 7) is 0. The van der Waals surface area contributed by atoms with Gasteiger partial charge < -0.3 is 14.4 Å². The van der Waals surface area contributed by atoms with Crippen molar-refractivity contribution in [2.24, 2.45) is 0 Å².